The van der Waals surface area contributed by atoms with Crippen LogP contribution < -0.4 is 11.1 Å². The van der Waals surface area contributed by atoms with Crippen LogP contribution in [0.2, 0.25) is 0 Å². The summed E-state index contributed by atoms with van der Waals surface area (Å²) in [4.78, 5) is 16.3. The molecule has 0 aliphatic heterocycles. The standard InChI is InChI=1S/C13H20BrN3O/c1-8(2)4-10(6-15)13(18)17-12-9(3)5-11(14)7-16-12/h5,7-8,10H,4,6,15H2,1-3H3,(H,16,17,18). The number of rotatable bonds is 5. The van der Waals surface area contributed by atoms with E-state index in [1.54, 1.807) is 6.20 Å². The Bertz CT molecular complexity index is 421. The first-order valence-electron chi connectivity index (χ1n) is 6.07. The molecule has 1 rings (SSSR count). The molecule has 1 atom stereocenters. The van der Waals surface area contributed by atoms with Gasteiger partial charge in [0.25, 0.3) is 0 Å². The third-order valence-electron chi connectivity index (χ3n) is 2.70. The lowest BCUT2D eigenvalue weighted by Crippen LogP contribution is -2.30. The Morgan fingerprint density at radius 3 is 2.72 bits per heavy atom. The predicted molar refractivity (Wildman–Crippen MR) is 77.3 cm³/mol. The van der Waals surface area contributed by atoms with Crippen LogP contribution in [-0.2, 0) is 4.79 Å². The number of aryl methyl sites for hydroxylation is 1. The third kappa shape index (κ3) is 4.38. The number of anilines is 1. The Hall–Kier alpha value is -0.940. The van der Waals surface area contributed by atoms with Crippen molar-refractivity contribution in [2.75, 3.05) is 11.9 Å². The molecule has 0 aliphatic carbocycles. The fourth-order valence-corrected chi connectivity index (χ4v) is 2.22. The Labute approximate surface area is 116 Å². The minimum absolute atomic E-state index is 0.0517. The largest absolute Gasteiger partial charge is 0.330 e. The molecule has 0 bridgehead atoms. The number of hydrogen-bond donors (Lipinski definition) is 2. The Morgan fingerprint density at radius 1 is 1.56 bits per heavy atom. The van der Waals surface area contributed by atoms with Crippen LogP contribution in [0, 0.1) is 18.8 Å². The summed E-state index contributed by atoms with van der Waals surface area (Å²) in [5, 5.41) is 2.84. The van der Waals surface area contributed by atoms with E-state index < -0.39 is 0 Å². The summed E-state index contributed by atoms with van der Waals surface area (Å²) in [5.74, 6) is 0.840. The number of pyridine rings is 1. The van der Waals surface area contributed by atoms with E-state index in [-0.39, 0.29) is 11.8 Å². The number of nitrogens with two attached hydrogens (primary N) is 1. The summed E-state index contributed by atoms with van der Waals surface area (Å²) in [7, 11) is 0. The number of halogens is 1. The van der Waals surface area contributed by atoms with Gasteiger partial charge in [0.1, 0.15) is 5.82 Å². The quantitative estimate of drug-likeness (QED) is 0.878. The molecular formula is C13H20BrN3O. The normalized spacial score (nSPS) is 12.6. The van der Waals surface area contributed by atoms with E-state index in [0.29, 0.717) is 18.3 Å². The molecular weight excluding hydrogens is 294 g/mol. The molecule has 0 aliphatic rings. The topological polar surface area (TPSA) is 68.0 Å². The maximum absolute atomic E-state index is 12.1. The van der Waals surface area contributed by atoms with E-state index in [0.717, 1.165) is 16.5 Å². The van der Waals surface area contributed by atoms with Crippen molar-refractivity contribution in [1.29, 1.82) is 0 Å². The molecule has 5 heteroatoms. The Morgan fingerprint density at radius 2 is 2.22 bits per heavy atom. The van der Waals surface area contributed by atoms with Gasteiger partial charge in [-0.1, -0.05) is 13.8 Å². The molecule has 4 nitrogen and oxygen atoms in total. The molecule has 1 unspecified atom stereocenters. The molecule has 0 saturated heterocycles. The van der Waals surface area contributed by atoms with E-state index in [9.17, 15) is 4.79 Å². The highest BCUT2D eigenvalue weighted by atomic mass is 79.9. The van der Waals surface area contributed by atoms with Crippen LogP contribution in [0.5, 0.6) is 0 Å². The molecule has 1 aromatic heterocycles. The summed E-state index contributed by atoms with van der Waals surface area (Å²) >= 11 is 3.34. The van der Waals surface area contributed by atoms with Crippen molar-refractivity contribution < 1.29 is 4.79 Å². The first kappa shape index (κ1) is 15.1. The molecule has 100 valence electrons. The third-order valence-corrected chi connectivity index (χ3v) is 3.13. The van der Waals surface area contributed by atoms with Crippen molar-refractivity contribution in [2.24, 2.45) is 17.6 Å². The van der Waals surface area contributed by atoms with Gasteiger partial charge in [0.15, 0.2) is 0 Å². The number of amides is 1. The van der Waals surface area contributed by atoms with Crippen LogP contribution in [0.4, 0.5) is 5.82 Å². The molecule has 0 aromatic carbocycles. The molecule has 18 heavy (non-hydrogen) atoms. The molecule has 3 N–H and O–H groups in total. The number of nitrogens with one attached hydrogen (secondary N) is 1. The second-order valence-corrected chi connectivity index (χ2v) is 5.79. The zero-order valence-electron chi connectivity index (χ0n) is 11.0. The van der Waals surface area contributed by atoms with Gasteiger partial charge in [0.05, 0.1) is 5.92 Å². The van der Waals surface area contributed by atoms with Crippen molar-refractivity contribution >= 4 is 27.7 Å². The maximum atomic E-state index is 12.1. The molecule has 1 aromatic rings. The van der Waals surface area contributed by atoms with Crippen molar-refractivity contribution in [1.82, 2.24) is 4.98 Å². The van der Waals surface area contributed by atoms with Gasteiger partial charge < -0.3 is 11.1 Å². The van der Waals surface area contributed by atoms with E-state index >= 15 is 0 Å². The molecule has 0 radical (unpaired) electrons. The Kier molecular flexibility index (Phi) is 5.75. The van der Waals surface area contributed by atoms with Gasteiger partial charge in [-0.15, -0.1) is 0 Å². The number of carbonyl (C=O) groups is 1. The fraction of sp³-hybridized carbons (Fsp3) is 0.538. The second kappa shape index (κ2) is 6.85. The van der Waals surface area contributed by atoms with E-state index in [4.69, 9.17) is 5.73 Å². The predicted octanol–water partition coefficient (Wildman–Crippen LogP) is 2.71. The van der Waals surface area contributed by atoms with Crippen LogP contribution in [-0.4, -0.2) is 17.4 Å². The van der Waals surface area contributed by atoms with Crippen LogP contribution in [0.1, 0.15) is 25.8 Å². The van der Waals surface area contributed by atoms with E-state index in [2.05, 4.69) is 40.1 Å². The lowest BCUT2D eigenvalue weighted by atomic mass is 9.96. The highest BCUT2D eigenvalue weighted by Gasteiger charge is 2.19. The first-order chi connectivity index (χ1) is 8.43. The number of aromatic nitrogens is 1. The van der Waals surface area contributed by atoms with Crippen molar-refractivity contribution in [3.05, 3.63) is 22.3 Å². The number of hydrogen-bond acceptors (Lipinski definition) is 3. The maximum Gasteiger partial charge on any atom is 0.229 e. The summed E-state index contributed by atoms with van der Waals surface area (Å²) in [6.07, 6.45) is 2.46. The average molecular weight is 314 g/mol. The first-order valence-corrected chi connectivity index (χ1v) is 6.86. The van der Waals surface area contributed by atoms with Crippen LogP contribution >= 0.6 is 15.9 Å². The summed E-state index contributed by atoms with van der Waals surface area (Å²) in [6, 6.07) is 1.92. The number of nitrogens with zero attached hydrogens (tertiary/aromatic N) is 1. The summed E-state index contributed by atoms with van der Waals surface area (Å²) < 4.78 is 0.899. The van der Waals surface area contributed by atoms with Crippen LogP contribution in [0.25, 0.3) is 0 Å². The smallest absolute Gasteiger partial charge is 0.229 e. The summed E-state index contributed by atoms with van der Waals surface area (Å²) in [6.45, 7) is 6.44. The molecule has 0 spiro atoms. The van der Waals surface area contributed by atoms with Gasteiger partial charge in [-0.05, 0) is 46.8 Å². The lowest BCUT2D eigenvalue weighted by Gasteiger charge is -2.17. The van der Waals surface area contributed by atoms with Crippen molar-refractivity contribution in [3.8, 4) is 0 Å². The molecule has 1 amide bonds. The van der Waals surface area contributed by atoms with Crippen LogP contribution in [0.3, 0.4) is 0 Å². The minimum Gasteiger partial charge on any atom is -0.330 e. The fourth-order valence-electron chi connectivity index (χ4n) is 1.77. The van der Waals surface area contributed by atoms with E-state index in [1.807, 2.05) is 13.0 Å². The highest BCUT2D eigenvalue weighted by molar-refractivity contribution is 9.10. The summed E-state index contributed by atoms with van der Waals surface area (Å²) in [5.41, 5.74) is 6.58. The van der Waals surface area contributed by atoms with Crippen molar-refractivity contribution in [3.63, 3.8) is 0 Å². The van der Waals surface area contributed by atoms with Gasteiger partial charge in [-0.25, -0.2) is 4.98 Å². The van der Waals surface area contributed by atoms with Gasteiger partial charge in [-0.2, -0.15) is 0 Å². The number of carbonyl (C=O) groups excluding carboxylic acids is 1. The lowest BCUT2D eigenvalue weighted by molar-refractivity contribution is -0.120. The van der Waals surface area contributed by atoms with Crippen molar-refractivity contribution in [2.45, 2.75) is 27.2 Å². The van der Waals surface area contributed by atoms with Gasteiger partial charge in [0, 0.05) is 17.2 Å². The zero-order chi connectivity index (χ0) is 13.7. The monoisotopic (exact) mass is 313 g/mol. The SMILES string of the molecule is Cc1cc(Br)cnc1NC(=O)C(CN)CC(C)C. The average Bonchev–Trinajstić information content (AvgIpc) is 2.29. The Balaban J connectivity index is 2.73. The van der Waals surface area contributed by atoms with Crippen LogP contribution in [0.15, 0.2) is 16.7 Å². The molecule has 0 saturated carbocycles. The van der Waals surface area contributed by atoms with Gasteiger partial charge >= 0.3 is 0 Å². The van der Waals surface area contributed by atoms with Gasteiger partial charge in [-0.3, -0.25) is 4.79 Å². The highest BCUT2D eigenvalue weighted by Crippen LogP contribution is 2.18. The second-order valence-electron chi connectivity index (χ2n) is 4.87. The molecule has 1 heterocycles. The zero-order valence-corrected chi connectivity index (χ0v) is 12.6. The van der Waals surface area contributed by atoms with E-state index in [1.165, 1.54) is 0 Å². The van der Waals surface area contributed by atoms with Gasteiger partial charge in [0.2, 0.25) is 5.91 Å². The minimum atomic E-state index is -0.158. The molecule has 0 fully saturated rings.